The van der Waals surface area contributed by atoms with Crippen LogP contribution in [0.15, 0.2) is 65.2 Å². The van der Waals surface area contributed by atoms with Gasteiger partial charge in [0.2, 0.25) is 5.69 Å². The summed E-state index contributed by atoms with van der Waals surface area (Å²) in [6, 6.07) is 20.7. The molecule has 0 radical (unpaired) electrons. The lowest BCUT2D eigenvalue weighted by molar-refractivity contribution is -0.659. The molecule has 5 aromatic rings. The van der Waals surface area contributed by atoms with Crippen molar-refractivity contribution in [1.29, 1.82) is 5.26 Å². The summed E-state index contributed by atoms with van der Waals surface area (Å²) in [6.07, 6.45) is 2.01. The number of furan rings is 1. The van der Waals surface area contributed by atoms with Gasteiger partial charge in [0, 0.05) is 31.7 Å². The van der Waals surface area contributed by atoms with Crippen molar-refractivity contribution < 1.29 is 13.1 Å². The molecule has 0 aliphatic carbocycles. The minimum atomic E-state index is -2.23. The van der Waals surface area contributed by atoms with Gasteiger partial charge in [0.05, 0.1) is 33.3 Å². The van der Waals surface area contributed by atoms with Gasteiger partial charge < -0.3 is 4.42 Å². The summed E-state index contributed by atoms with van der Waals surface area (Å²) in [7, 11) is -1.56. The summed E-state index contributed by atoms with van der Waals surface area (Å²) in [5.41, 5.74) is 6.78. The number of nitrogens with zero attached hydrogens (tertiary/aromatic N) is 2. The number of pyridine rings is 1. The molecule has 0 saturated carbocycles. The van der Waals surface area contributed by atoms with E-state index >= 15 is 0 Å². The number of hydrogen-bond donors (Lipinski definition) is 0. The molecule has 0 bridgehead atoms. The molecule has 2 aromatic heterocycles. The van der Waals surface area contributed by atoms with Crippen LogP contribution in [0.1, 0.15) is 20.8 Å². The first-order valence-electron chi connectivity index (χ1n) is 14.6. The van der Waals surface area contributed by atoms with Crippen LogP contribution < -0.4 is 14.9 Å². The van der Waals surface area contributed by atoms with Crippen molar-refractivity contribution in [2.45, 2.75) is 53.1 Å². The summed E-state index contributed by atoms with van der Waals surface area (Å²) in [5, 5.41) is 14.2. The Hall–Kier alpha value is -3.47. The predicted octanol–water partition coefficient (Wildman–Crippen LogP) is 7.32. The highest BCUT2D eigenvalue weighted by Gasteiger charge is 2.28. The maximum absolute atomic E-state index is 10.1. The Kier molecular flexibility index (Phi) is 5.38. The van der Waals surface area contributed by atoms with Crippen molar-refractivity contribution in [2.24, 2.45) is 7.05 Å². The number of hydrogen-bond acceptors (Lipinski definition) is 2. The monoisotopic (exact) mass is 536 g/mol. The van der Waals surface area contributed by atoms with Gasteiger partial charge in [0.25, 0.3) is 0 Å². The van der Waals surface area contributed by atoms with Gasteiger partial charge in [-0.05, 0) is 42.6 Å². The van der Waals surface area contributed by atoms with Crippen LogP contribution in [0.2, 0.25) is 39.3 Å². The quantitative estimate of drug-likeness (QED) is 0.178. The van der Waals surface area contributed by atoms with Crippen LogP contribution in [0.5, 0.6) is 0 Å². The molecule has 192 valence electrons. The maximum atomic E-state index is 10.1. The molecule has 3 aromatic carbocycles. The molecular formula is C33H37N2OSi2+. The van der Waals surface area contributed by atoms with Crippen LogP contribution in [0.3, 0.4) is 0 Å². The first kappa shape index (κ1) is 22.5. The molecule has 0 spiro atoms. The third kappa shape index (κ3) is 4.32. The number of rotatable bonds is 4. The molecule has 0 amide bonds. The lowest BCUT2D eigenvalue weighted by Crippen LogP contribution is -2.46. The smallest absolute Gasteiger partial charge is 0.216 e. The normalized spacial score (nSPS) is 13.8. The standard InChI is InChI=1S/C33H37N2OSi2/c1-21-13-15-26-27-16-14-24(19-34)31(23-11-10-12-25(18-23)37(4,5)6)33(27)36-32(26)30(21)28-17-22(2)29(20-35(28)3)38(7,8)9/h10-18,20H,1-9H3/q+1/i2D3. The molecule has 5 rings (SSSR count). The van der Waals surface area contributed by atoms with Gasteiger partial charge in [0.15, 0.2) is 6.20 Å². The number of aromatic nitrogens is 1. The predicted molar refractivity (Wildman–Crippen MR) is 166 cm³/mol. The van der Waals surface area contributed by atoms with E-state index in [1.54, 1.807) is 0 Å². The number of nitriles is 1. The topological polar surface area (TPSA) is 40.8 Å². The fraction of sp³-hybridized carbons (Fsp3) is 0.273. The molecule has 0 aliphatic rings. The van der Waals surface area contributed by atoms with Gasteiger partial charge in [-0.2, -0.15) is 5.26 Å². The fourth-order valence-corrected chi connectivity index (χ4v) is 7.98. The summed E-state index contributed by atoms with van der Waals surface area (Å²) in [4.78, 5) is 0. The van der Waals surface area contributed by atoms with Crippen LogP contribution in [-0.4, -0.2) is 16.1 Å². The number of benzene rings is 3. The molecule has 0 fully saturated rings. The second kappa shape index (κ2) is 9.08. The van der Waals surface area contributed by atoms with Crippen LogP contribution in [0.25, 0.3) is 44.3 Å². The fourth-order valence-electron chi connectivity index (χ4n) is 5.34. The maximum Gasteiger partial charge on any atom is 0.216 e. The van der Waals surface area contributed by atoms with Crippen molar-refractivity contribution in [1.82, 2.24) is 0 Å². The molecular weight excluding hydrogens is 497 g/mol. The Labute approximate surface area is 232 Å². The van der Waals surface area contributed by atoms with Crippen molar-refractivity contribution in [3.05, 3.63) is 77.5 Å². The Morgan fingerprint density at radius 1 is 0.842 bits per heavy atom. The lowest BCUT2D eigenvalue weighted by atomic mass is 9.96. The average Bonchev–Trinajstić information content (AvgIpc) is 3.25. The third-order valence-corrected chi connectivity index (χ3v) is 11.6. The van der Waals surface area contributed by atoms with Crippen LogP contribution in [-0.2, 0) is 7.05 Å². The van der Waals surface area contributed by atoms with Gasteiger partial charge >= 0.3 is 0 Å². The van der Waals surface area contributed by atoms with E-state index in [9.17, 15) is 5.26 Å². The van der Waals surface area contributed by atoms with Gasteiger partial charge in [-0.15, -0.1) is 0 Å². The van der Waals surface area contributed by atoms with Crippen molar-refractivity contribution in [2.75, 3.05) is 0 Å². The van der Waals surface area contributed by atoms with E-state index in [0.717, 1.165) is 43.9 Å². The molecule has 5 heteroatoms. The van der Waals surface area contributed by atoms with E-state index < -0.39 is 23.0 Å². The van der Waals surface area contributed by atoms with Crippen molar-refractivity contribution >= 4 is 48.5 Å². The number of fused-ring (bicyclic) bond motifs is 3. The molecule has 0 saturated heterocycles. The number of aryl methyl sites for hydroxylation is 3. The SMILES string of the molecule is [2H]C([2H])([2H])c1cc(-c2c(C)ccc3c2oc2c(-c4cccc([Si](C)(C)C)c4)c(C#N)ccc23)[n+](C)cc1[Si](C)(C)C. The van der Waals surface area contributed by atoms with Gasteiger partial charge in [-0.25, -0.2) is 4.57 Å². The Morgan fingerprint density at radius 3 is 2.16 bits per heavy atom. The second-order valence-corrected chi connectivity index (χ2v) is 22.5. The van der Waals surface area contributed by atoms with Crippen molar-refractivity contribution in [3.8, 4) is 28.5 Å². The van der Waals surface area contributed by atoms with E-state index in [-0.39, 0.29) is 0 Å². The molecule has 0 unspecified atom stereocenters. The Morgan fingerprint density at radius 2 is 1.53 bits per heavy atom. The van der Waals surface area contributed by atoms with Crippen LogP contribution >= 0.6 is 0 Å². The zero-order valence-corrected chi connectivity index (χ0v) is 25.6. The van der Waals surface area contributed by atoms with E-state index in [2.05, 4.69) is 81.7 Å². The summed E-state index contributed by atoms with van der Waals surface area (Å²) >= 11 is 0. The zero-order chi connectivity index (χ0) is 30.1. The highest BCUT2D eigenvalue weighted by atomic mass is 28.3. The molecule has 38 heavy (non-hydrogen) atoms. The van der Waals surface area contributed by atoms with E-state index in [0.29, 0.717) is 22.3 Å². The van der Waals surface area contributed by atoms with E-state index in [1.165, 1.54) is 5.19 Å². The molecule has 0 aliphatic heterocycles. The molecule has 2 heterocycles. The largest absolute Gasteiger partial charge is 0.454 e. The summed E-state index contributed by atoms with van der Waals surface area (Å²) in [5.74, 6) is 0. The minimum Gasteiger partial charge on any atom is -0.454 e. The van der Waals surface area contributed by atoms with Gasteiger partial charge in [0.1, 0.15) is 18.2 Å². The molecule has 3 nitrogen and oxygen atoms in total. The Bertz CT molecular complexity index is 1880. The average molecular weight is 537 g/mol. The summed E-state index contributed by atoms with van der Waals surface area (Å²) < 4.78 is 33.9. The van der Waals surface area contributed by atoms with Crippen molar-refractivity contribution in [3.63, 3.8) is 0 Å². The van der Waals surface area contributed by atoms with E-state index in [1.807, 2.05) is 42.9 Å². The summed E-state index contributed by atoms with van der Waals surface area (Å²) in [6.45, 7) is 13.3. The van der Waals surface area contributed by atoms with Crippen LogP contribution in [0.4, 0.5) is 0 Å². The first-order valence-corrected chi connectivity index (χ1v) is 20.1. The first-order chi connectivity index (χ1) is 19.0. The highest BCUT2D eigenvalue weighted by molar-refractivity contribution is 6.89. The van der Waals surface area contributed by atoms with Gasteiger partial charge in [-0.1, -0.05) is 80.9 Å². The van der Waals surface area contributed by atoms with E-state index in [4.69, 9.17) is 8.53 Å². The highest BCUT2D eigenvalue weighted by Crippen LogP contribution is 2.41. The van der Waals surface area contributed by atoms with Gasteiger partial charge in [-0.3, -0.25) is 0 Å². The molecule has 0 atom stereocenters. The second-order valence-electron chi connectivity index (χ2n) is 12.4. The van der Waals surface area contributed by atoms with Crippen LogP contribution in [0, 0.1) is 25.1 Å². The third-order valence-electron chi connectivity index (χ3n) is 7.49. The minimum absolute atomic E-state index is 0.410. The molecule has 0 N–H and O–H groups in total. The zero-order valence-electron chi connectivity index (χ0n) is 26.6. The lowest BCUT2D eigenvalue weighted by Gasteiger charge is -2.18. The Balaban J connectivity index is 1.87.